The maximum Gasteiger partial charge on any atom is 0.230 e. The second-order valence-corrected chi connectivity index (χ2v) is 8.31. The molecule has 4 rings (SSSR count). The fraction of sp³-hybridized carbons (Fsp3) is 0.0741. The zero-order chi connectivity index (χ0) is 24.8. The number of carbonyl (C=O) groups excluding carboxylic acids is 2. The Morgan fingerprint density at radius 1 is 1.03 bits per heavy atom. The number of rotatable bonds is 8. The number of hydrogen-bond donors (Lipinski definition) is 0. The summed E-state index contributed by atoms with van der Waals surface area (Å²) < 4.78 is 33.4. The maximum atomic E-state index is 14.3. The normalized spacial score (nSPS) is 10.9. The Hall–Kier alpha value is -4.17. The van der Waals surface area contributed by atoms with Gasteiger partial charge in [-0.15, -0.1) is 11.3 Å². The topological polar surface area (TPSA) is 59.5 Å². The molecule has 0 fully saturated rings. The van der Waals surface area contributed by atoms with E-state index in [1.165, 1.54) is 25.1 Å². The van der Waals surface area contributed by atoms with Crippen LogP contribution in [0.1, 0.15) is 28.5 Å². The van der Waals surface area contributed by atoms with Crippen LogP contribution in [0.4, 0.5) is 19.6 Å². The van der Waals surface area contributed by atoms with Crippen LogP contribution in [0.2, 0.25) is 0 Å². The smallest absolute Gasteiger partial charge is 0.230 e. The van der Waals surface area contributed by atoms with Crippen molar-refractivity contribution in [2.75, 3.05) is 4.90 Å². The molecule has 0 saturated carbocycles. The van der Waals surface area contributed by atoms with Gasteiger partial charge in [-0.1, -0.05) is 42.5 Å². The van der Waals surface area contributed by atoms with Crippen LogP contribution in [0, 0.1) is 11.6 Å². The van der Waals surface area contributed by atoms with Crippen molar-refractivity contribution in [3.63, 3.8) is 0 Å². The summed E-state index contributed by atoms with van der Waals surface area (Å²) in [5, 5.41) is 1.83. The fourth-order valence-corrected chi connectivity index (χ4v) is 4.16. The van der Waals surface area contributed by atoms with Crippen molar-refractivity contribution in [3.05, 3.63) is 113 Å². The molecular weight excluding hydrogens is 470 g/mol. The van der Waals surface area contributed by atoms with Gasteiger partial charge in [0.05, 0.1) is 16.9 Å². The van der Waals surface area contributed by atoms with E-state index in [0.717, 1.165) is 27.9 Å². The van der Waals surface area contributed by atoms with Crippen LogP contribution >= 0.6 is 11.3 Å². The SMILES string of the molecule is CC(=O)N(c1nc(/C=C/C(=O)c2ccccc2OCc2ccccc2)cs1)c1ccc(F)cc1F. The van der Waals surface area contributed by atoms with Crippen molar-refractivity contribution in [2.45, 2.75) is 13.5 Å². The number of ether oxygens (including phenoxy) is 1. The summed E-state index contributed by atoms with van der Waals surface area (Å²) in [6, 6.07) is 19.5. The molecule has 1 aromatic heterocycles. The van der Waals surface area contributed by atoms with Crippen molar-refractivity contribution < 1.29 is 23.1 Å². The summed E-state index contributed by atoms with van der Waals surface area (Å²) in [7, 11) is 0. The molecule has 0 spiro atoms. The summed E-state index contributed by atoms with van der Waals surface area (Å²) in [5.74, 6) is -1.93. The number of nitrogens with zero attached hydrogens (tertiary/aromatic N) is 2. The van der Waals surface area contributed by atoms with E-state index in [2.05, 4.69) is 4.98 Å². The minimum atomic E-state index is -0.880. The number of thiazole rings is 1. The van der Waals surface area contributed by atoms with Gasteiger partial charge >= 0.3 is 0 Å². The lowest BCUT2D eigenvalue weighted by Crippen LogP contribution is -2.23. The number of carbonyl (C=O) groups is 2. The molecule has 5 nitrogen and oxygen atoms in total. The molecule has 1 heterocycles. The molecule has 0 N–H and O–H groups in total. The molecule has 4 aromatic rings. The van der Waals surface area contributed by atoms with Crippen molar-refractivity contribution in [1.82, 2.24) is 4.98 Å². The third-order valence-electron chi connectivity index (χ3n) is 4.96. The number of para-hydroxylation sites is 1. The summed E-state index contributed by atoms with van der Waals surface area (Å²) in [4.78, 5) is 30.4. The van der Waals surface area contributed by atoms with Gasteiger partial charge in [0, 0.05) is 18.4 Å². The minimum Gasteiger partial charge on any atom is -0.488 e. The Bertz CT molecular complexity index is 1390. The van der Waals surface area contributed by atoms with Crippen molar-refractivity contribution in [3.8, 4) is 5.75 Å². The largest absolute Gasteiger partial charge is 0.488 e. The Morgan fingerprint density at radius 2 is 1.77 bits per heavy atom. The molecule has 176 valence electrons. The Morgan fingerprint density at radius 3 is 2.51 bits per heavy atom. The molecule has 1 amide bonds. The molecule has 3 aromatic carbocycles. The van der Waals surface area contributed by atoms with Crippen LogP contribution < -0.4 is 9.64 Å². The van der Waals surface area contributed by atoms with Crippen molar-refractivity contribution >= 4 is 39.9 Å². The van der Waals surface area contributed by atoms with Crippen LogP contribution in [-0.2, 0) is 11.4 Å². The lowest BCUT2D eigenvalue weighted by Gasteiger charge is -2.18. The molecule has 0 bridgehead atoms. The Labute approximate surface area is 204 Å². The summed E-state index contributed by atoms with van der Waals surface area (Å²) in [6.45, 7) is 1.58. The first kappa shape index (κ1) is 24.0. The van der Waals surface area contributed by atoms with Crippen molar-refractivity contribution in [1.29, 1.82) is 0 Å². The zero-order valence-electron chi connectivity index (χ0n) is 18.7. The highest BCUT2D eigenvalue weighted by Gasteiger charge is 2.21. The fourth-order valence-electron chi connectivity index (χ4n) is 3.31. The van der Waals surface area contributed by atoms with Gasteiger partial charge in [-0.2, -0.15) is 0 Å². The van der Waals surface area contributed by atoms with Crippen LogP contribution in [0.25, 0.3) is 6.08 Å². The van der Waals surface area contributed by atoms with Gasteiger partial charge in [-0.05, 0) is 42.0 Å². The van der Waals surface area contributed by atoms with E-state index in [1.54, 1.807) is 29.6 Å². The summed E-state index contributed by atoms with van der Waals surface area (Å²) in [6.07, 6.45) is 2.87. The number of hydrogen-bond acceptors (Lipinski definition) is 5. The van der Waals surface area contributed by atoms with E-state index >= 15 is 0 Å². The van der Waals surface area contributed by atoms with Crippen LogP contribution in [0.5, 0.6) is 5.75 Å². The van der Waals surface area contributed by atoms with Crippen LogP contribution in [-0.4, -0.2) is 16.7 Å². The highest BCUT2D eigenvalue weighted by Crippen LogP contribution is 2.31. The number of aromatic nitrogens is 1. The monoisotopic (exact) mass is 490 g/mol. The van der Waals surface area contributed by atoms with E-state index in [0.29, 0.717) is 29.7 Å². The van der Waals surface area contributed by atoms with Crippen LogP contribution in [0.15, 0.2) is 84.3 Å². The molecule has 0 saturated heterocycles. The molecule has 0 atom stereocenters. The molecule has 0 radical (unpaired) electrons. The highest BCUT2D eigenvalue weighted by atomic mass is 32.1. The van der Waals surface area contributed by atoms with Gasteiger partial charge in [0.25, 0.3) is 0 Å². The van der Waals surface area contributed by atoms with E-state index in [9.17, 15) is 18.4 Å². The predicted molar refractivity (Wildman–Crippen MR) is 132 cm³/mol. The van der Waals surface area contributed by atoms with Crippen molar-refractivity contribution in [2.24, 2.45) is 0 Å². The maximum absolute atomic E-state index is 14.3. The van der Waals surface area contributed by atoms with Gasteiger partial charge in [0.15, 0.2) is 10.9 Å². The number of allylic oxidation sites excluding steroid dienone is 1. The second kappa shape index (κ2) is 10.8. The van der Waals surface area contributed by atoms with Gasteiger partial charge in [-0.25, -0.2) is 13.8 Å². The average Bonchev–Trinajstić information content (AvgIpc) is 3.32. The first-order valence-electron chi connectivity index (χ1n) is 10.6. The minimum absolute atomic E-state index is 0.107. The van der Waals surface area contributed by atoms with Gasteiger partial charge in [0.2, 0.25) is 5.91 Å². The summed E-state index contributed by atoms with van der Waals surface area (Å²) in [5.41, 5.74) is 1.68. The Kier molecular flexibility index (Phi) is 7.42. The first-order valence-corrected chi connectivity index (χ1v) is 11.5. The molecule has 8 heteroatoms. The quantitative estimate of drug-likeness (QED) is 0.207. The average molecular weight is 491 g/mol. The standard InChI is InChI=1S/C27H20F2N2O3S/c1-18(32)31(24-13-11-20(28)15-23(24)29)27-30-21(17-35-27)12-14-25(33)22-9-5-6-10-26(22)34-16-19-7-3-2-4-8-19/h2-15,17H,16H2,1H3/b14-12+. The number of anilines is 2. The molecule has 0 unspecified atom stereocenters. The molecule has 0 aliphatic heterocycles. The van der Waals surface area contributed by atoms with E-state index < -0.39 is 17.5 Å². The zero-order valence-corrected chi connectivity index (χ0v) is 19.5. The lowest BCUT2D eigenvalue weighted by molar-refractivity contribution is -0.115. The van der Waals surface area contributed by atoms with Crippen LogP contribution in [0.3, 0.4) is 0 Å². The third kappa shape index (κ3) is 5.85. The molecular formula is C27H20F2N2O3S. The second-order valence-electron chi connectivity index (χ2n) is 7.47. The predicted octanol–water partition coefficient (Wildman–Crippen LogP) is 6.58. The van der Waals surface area contributed by atoms with Gasteiger partial charge in [0.1, 0.15) is 24.0 Å². The molecule has 0 aliphatic carbocycles. The molecule has 35 heavy (non-hydrogen) atoms. The third-order valence-corrected chi connectivity index (χ3v) is 5.81. The van der Waals surface area contributed by atoms with Gasteiger partial charge in [-0.3, -0.25) is 14.5 Å². The Balaban J connectivity index is 1.51. The number of ketones is 1. The number of amides is 1. The lowest BCUT2D eigenvalue weighted by atomic mass is 10.1. The number of halogens is 2. The highest BCUT2D eigenvalue weighted by molar-refractivity contribution is 7.14. The van der Waals surface area contributed by atoms with E-state index in [1.807, 2.05) is 30.3 Å². The molecule has 0 aliphatic rings. The van der Waals surface area contributed by atoms with E-state index in [-0.39, 0.29) is 16.6 Å². The number of benzene rings is 3. The summed E-state index contributed by atoms with van der Waals surface area (Å²) >= 11 is 1.10. The first-order chi connectivity index (χ1) is 16.9. The van der Waals surface area contributed by atoms with E-state index in [4.69, 9.17) is 4.74 Å². The van der Waals surface area contributed by atoms with Gasteiger partial charge < -0.3 is 4.74 Å².